The number of fused-ring (bicyclic) bond motifs is 1. The lowest BCUT2D eigenvalue weighted by Gasteiger charge is -2.22. The van der Waals surface area contributed by atoms with Gasteiger partial charge in [-0.1, -0.05) is 0 Å². The van der Waals surface area contributed by atoms with Crippen molar-refractivity contribution in [1.29, 1.82) is 0 Å². The Bertz CT molecular complexity index is 551. The Morgan fingerprint density at radius 3 is 3.06 bits per heavy atom. The van der Waals surface area contributed by atoms with E-state index in [1.807, 2.05) is 0 Å². The minimum Gasteiger partial charge on any atom is -0.347 e. The molecule has 1 aliphatic heterocycles. The van der Waals surface area contributed by atoms with Gasteiger partial charge >= 0.3 is 0 Å². The Hall–Kier alpha value is -2.21. The number of aromatic amines is 1. The van der Waals surface area contributed by atoms with Gasteiger partial charge in [-0.05, 0) is 12.1 Å². The average molecular weight is 243 g/mol. The monoisotopic (exact) mass is 243 g/mol. The second kappa shape index (κ2) is 4.58. The van der Waals surface area contributed by atoms with Crippen molar-refractivity contribution >= 4 is 11.6 Å². The van der Waals surface area contributed by atoms with Gasteiger partial charge in [0.25, 0.3) is 0 Å². The fraction of sp³-hybridized carbons (Fsp3) is 0.250. The molecule has 3 rings (SSSR count). The normalized spacial score (nSPS) is 18.1. The van der Waals surface area contributed by atoms with Crippen LogP contribution >= 0.6 is 0 Å². The van der Waals surface area contributed by atoms with E-state index in [2.05, 4.69) is 25.6 Å². The molecule has 1 amide bonds. The summed E-state index contributed by atoms with van der Waals surface area (Å²) in [5.41, 5.74) is 2.77. The van der Waals surface area contributed by atoms with E-state index in [9.17, 15) is 4.79 Å². The molecule has 0 bridgehead atoms. The van der Waals surface area contributed by atoms with Gasteiger partial charge in [-0.2, -0.15) is 0 Å². The summed E-state index contributed by atoms with van der Waals surface area (Å²) in [7, 11) is 0. The topological polar surface area (TPSA) is 82.7 Å². The maximum atomic E-state index is 12.1. The molecule has 2 aromatic heterocycles. The molecule has 0 saturated heterocycles. The molecule has 2 aromatic rings. The van der Waals surface area contributed by atoms with Crippen LogP contribution in [0.3, 0.4) is 0 Å². The van der Waals surface area contributed by atoms with E-state index in [1.54, 1.807) is 30.9 Å². The third-order valence-corrected chi connectivity index (χ3v) is 2.99. The summed E-state index contributed by atoms with van der Waals surface area (Å²) in [6, 6.07) is 3.29. The maximum absolute atomic E-state index is 12.1. The minimum atomic E-state index is -0.242. The lowest BCUT2D eigenvalue weighted by molar-refractivity contribution is -0.118. The maximum Gasteiger partial charge on any atom is 0.241 e. The highest BCUT2D eigenvalue weighted by molar-refractivity contribution is 5.95. The molecule has 0 fully saturated rings. The summed E-state index contributed by atoms with van der Waals surface area (Å²) in [4.78, 5) is 23.2. The first-order valence-electron chi connectivity index (χ1n) is 5.78. The molecular weight excluding hydrogens is 230 g/mol. The van der Waals surface area contributed by atoms with Crippen LogP contribution in [-0.4, -0.2) is 26.9 Å². The molecule has 1 unspecified atom stereocenters. The number of rotatable bonds is 2. The molecule has 1 aliphatic rings. The number of hydrogen-bond acceptors (Lipinski definition) is 4. The van der Waals surface area contributed by atoms with Crippen molar-refractivity contribution in [1.82, 2.24) is 20.3 Å². The van der Waals surface area contributed by atoms with Crippen molar-refractivity contribution in [3.63, 3.8) is 0 Å². The van der Waals surface area contributed by atoms with Gasteiger partial charge in [-0.15, -0.1) is 0 Å². The van der Waals surface area contributed by atoms with E-state index >= 15 is 0 Å². The first kappa shape index (κ1) is 10.9. The van der Waals surface area contributed by atoms with Crippen LogP contribution in [0.4, 0.5) is 5.69 Å². The van der Waals surface area contributed by atoms with Crippen molar-refractivity contribution < 1.29 is 4.79 Å². The van der Waals surface area contributed by atoms with Crippen molar-refractivity contribution in [3.05, 3.63) is 42.2 Å². The lowest BCUT2D eigenvalue weighted by Crippen LogP contribution is -2.44. The number of aromatic nitrogens is 3. The molecule has 0 aliphatic carbocycles. The molecule has 0 aromatic carbocycles. The van der Waals surface area contributed by atoms with Crippen molar-refractivity contribution in [2.45, 2.75) is 19.0 Å². The molecule has 3 N–H and O–H groups in total. The Morgan fingerprint density at radius 2 is 2.22 bits per heavy atom. The van der Waals surface area contributed by atoms with Gasteiger partial charge in [0.1, 0.15) is 0 Å². The van der Waals surface area contributed by atoms with Crippen molar-refractivity contribution in [3.8, 4) is 0 Å². The number of pyridine rings is 1. The summed E-state index contributed by atoms with van der Waals surface area (Å²) in [5, 5.41) is 6.04. The number of carbonyl (C=O) groups is 1. The van der Waals surface area contributed by atoms with Crippen LogP contribution in [0, 0.1) is 0 Å². The quantitative estimate of drug-likeness (QED) is 0.715. The van der Waals surface area contributed by atoms with Crippen LogP contribution in [0.15, 0.2) is 30.9 Å². The third-order valence-electron chi connectivity index (χ3n) is 2.99. The molecule has 0 spiro atoms. The second-order valence-corrected chi connectivity index (χ2v) is 4.19. The standard InChI is InChI=1S/C12H13N5O/c18-12(17-8-1-3-13-4-2-8)10-5-9-11(6-14-10)16-7-15-9/h1-4,7,10,14H,5-6H2,(H,15,16)(H,13,17,18). The fourth-order valence-electron chi connectivity index (χ4n) is 2.02. The number of anilines is 1. The Balaban J connectivity index is 1.68. The van der Waals surface area contributed by atoms with Crippen LogP contribution in [0.1, 0.15) is 11.4 Å². The third kappa shape index (κ3) is 2.10. The smallest absolute Gasteiger partial charge is 0.241 e. The van der Waals surface area contributed by atoms with E-state index in [4.69, 9.17) is 0 Å². The molecule has 1 atom stereocenters. The molecular formula is C12H13N5O. The van der Waals surface area contributed by atoms with Gasteiger partial charge in [-0.3, -0.25) is 15.1 Å². The minimum absolute atomic E-state index is 0.0464. The number of carbonyl (C=O) groups excluding carboxylic acids is 1. The van der Waals surface area contributed by atoms with Crippen LogP contribution in [0.2, 0.25) is 0 Å². The number of nitrogens with zero attached hydrogens (tertiary/aromatic N) is 2. The van der Waals surface area contributed by atoms with E-state index < -0.39 is 0 Å². The lowest BCUT2D eigenvalue weighted by atomic mass is 10.0. The highest BCUT2D eigenvalue weighted by atomic mass is 16.2. The summed E-state index contributed by atoms with van der Waals surface area (Å²) in [6.07, 6.45) is 5.57. The van der Waals surface area contributed by atoms with Gasteiger partial charge in [-0.25, -0.2) is 4.98 Å². The van der Waals surface area contributed by atoms with E-state index in [0.29, 0.717) is 13.0 Å². The number of nitrogens with one attached hydrogen (secondary N) is 3. The van der Waals surface area contributed by atoms with Crippen LogP contribution in [0.25, 0.3) is 0 Å². The Morgan fingerprint density at radius 1 is 1.39 bits per heavy atom. The predicted molar refractivity (Wildman–Crippen MR) is 65.8 cm³/mol. The SMILES string of the molecule is O=C(Nc1ccncc1)C1Cc2nc[nH]c2CN1. The predicted octanol–water partition coefficient (Wildman–Crippen LogP) is 0.458. The zero-order valence-corrected chi connectivity index (χ0v) is 9.68. The van der Waals surface area contributed by atoms with Crippen LogP contribution in [-0.2, 0) is 17.8 Å². The number of H-pyrrole nitrogens is 1. The number of imidazole rings is 1. The molecule has 0 radical (unpaired) electrons. The van der Waals surface area contributed by atoms with Crippen molar-refractivity contribution in [2.24, 2.45) is 0 Å². The summed E-state index contributed by atoms with van der Waals surface area (Å²) < 4.78 is 0. The van der Waals surface area contributed by atoms with Crippen LogP contribution < -0.4 is 10.6 Å². The van der Waals surface area contributed by atoms with Gasteiger partial charge in [0.05, 0.1) is 23.8 Å². The number of amides is 1. The van der Waals surface area contributed by atoms with Crippen LogP contribution in [0.5, 0.6) is 0 Å². The Labute approximate surface area is 104 Å². The first-order valence-corrected chi connectivity index (χ1v) is 5.78. The zero-order valence-electron chi connectivity index (χ0n) is 9.68. The van der Waals surface area contributed by atoms with E-state index in [-0.39, 0.29) is 11.9 Å². The molecule has 3 heterocycles. The van der Waals surface area contributed by atoms with E-state index in [0.717, 1.165) is 17.1 Å². The highest BCUT2D eigenvalue weighted by Crippen LogP contribution is 2.13. The van der Waals surface area contributed by atoms with E-state index in [1.165, 1.54) is 0 Å². The molecule has 92 valence electrons. The molecule has 0 saturated carbocycles. The second-order valence-electron chi connectivity index (χ2n) is 4.19. The first-order chi connectivity index (χ1) is 8.83. The largest absolute Gasteiger partial charge is 0.347 e. The summed E-state index contributed by atoms with van der Waals surface area (Å²) in [5.74, 6) is -0.0464. The fourth-order valence-corrected chi connectivity index (χ4v) is 2.02. The van der Waals surface area contributed by atoms with Gasteiger partial charge < -0.3 is 10.3 Å². The highest BCUT2D eigenvalue weighted by Gasteiger charge is 2.25. The zero-order chi connectivity index (χ0) is 12.4. The average Bonchev–Trinajstić information content (AvgIpc) is 2.87. The molecule has 6 nitrogen and oxygen atoms in total. The van der Waals surface area contributed by atoms with Crippen molar-refractivity contribution in [2.75, 3.05) is 5.32 Å². The summed E-state index contributed by atoms with van der Waals surface area (Å²) >= 11 is 0. The number of hydrogen-bond donors (Lipinski definition) is 3. The van der Waals surface area contributed by atoms with Gasteiger partial charge in [0.2, 0.25) is 5.91 Å². The molecule has 6 heteroatoms. The summed E-state index contributed by atoms with van der Waals surface area (Å²) in [6.45, 7) is 0.643. The Kier molecular flexibility index (Phi) is 2.77. The van der Waals surface area contributed by atoms with Gasteiger partial charge in [0.15, 0.2) is 0 Å². The molecule has 18 heavy (non-hydrogen) atoms. The van der Waals surface area contributed by atoms with Gasteiger partial charge in [0, 0.05) is 31.0 Å².